The summed E-state index contributed by atoms with van der Waals surface area (Å²) in [6.07, 6.45) is 0.604. The molecule has 2 aromatic carbocycles. The molecule has 0 fully saturated rings. The fourth-order valence-electron chi connectivity index (χ4n) is 3.10. The molecule has 0 aliphatic carbocycles. The third kappa shape index (κ3) is 3.74. The second-order valence-corrected chi connectivity index (χ2v) is 8.57. The van der Waals surface area contributed by atoms with Crippen LogP contribution in [0.25, 0.3) is 0 Å². The van der Waals surface area contributed by atoms with Crippen LogP contribution in [-0.4, -0.2) is 35.1 Å². The molecule has 0 saturated carbocycles. The zero-order valence-electron chi connectivity index (χ0n) is 15.1. The fraction of sp³-hybridized carbons (Fsp3) is 0.278. The van der Waals surface area contributed by atoms with E-state index in [1.807, 2.05) is 6.07 Å². The number of anilines is 2. The molecule has 9 heteroatoms. The van der Waals surface area contributed by atoms with Gasteiger partial charge in [0.15, 0.2) is 11.5 Å². The highest BCUT2D eigenvalue weighted by Gasteiger charge is 2.31. The zero-order chi connectivity index (χ0) is 19.8. The van der Waals surface area contributed by atoms with Crippen molar-refractivity contribution in [1.82, 2.24) is 0 Å². The molecule has 2 aromatic rings. The summed E-state index contributed by atoms with van der Waals surface area (Å²) in [6, 6.07) is 8.08. The Morgan fingerprint density at radius 3 is 2.48 bits per heavy atom. The number of carbonyl (C=O) groups excluding carboxylic acids is 1. The Labute approximate surface area is 166 Å². The molecule has 0 bridgehead atoms. The predicted molar refractivity (Wildman–Crippen MR) is 106 cm³/mol. The fourth-order valence-corrected chi connectivity index (χ4v) is 5.08. The van der Waals surface area contributed by atoms with E-state index >= 15 is 0 Å². The van der Waals surface area contributed by atoms with Gasteiger partial charge in [-0.3, -0.25) is 9.52 Å². The van der Waals surface area contributed by atoms with Crippen LogP contribution in [0.1, 0.15) is 12.5 Å². The van der Waals surface area contributed by atoms with Crippen LogP contribution in [0.15, 0.2) is 39.7 Å². The Kier molecular flexibility index (Phi) is 5.34. The van der Waals surface area contributed by atoms with Gasteiger partial charge in [0.1, 0.15) is 4.90 Å². The zero-order valence-corrected chi connectivity index (χ0v) is 17.5. The number of hydrogen-bond acceptors (Lipinski definition) is 5. The van der Waals surface area contributed by atoms with Crippen LogP contribution < -0.4 is 19.1 Å². The van der Waals surface area contributed by atoms with Crippen molar-refractivity contribution in [3.63, 3.8) is 0 Å². The third-order valence-corrected chi connectivity index (χ3v) is 6.15. The normalized spacial score (nSPS) is 13.3. The van der Waals surface area contributed by atoms with E-state index in [9.17, 15) is 13.2 Å². The SMILES string of the molecule is COc1ccc(NS(=O)(=O)c2cc(Br)cc3c2N(C(C)=O)CC3)cc1OC. The Balaban J connectivity index is 2.05. The summed E-state index contributed by atoms with van der Waals surface area (Å²) in [5.74, 6) is 0.702. The smallest absolute Gasteiger partial charge is 0.264 e. The van der Waals surface area contributed by atoms with E-state index in [0.29, 0.717) is 40.3 Å². The lowest BCUT2D eigenvalue weighted by molar-refractivity contribution is -0.116. The lowest BCUT2D eigenvalue weighted by Gasteiger charge is -2.20. The second-order valence-electron chi connectivity index (χ2n) is 6.01. The van der Waals surface area contributed by atoms with Gasteiger partial charge >= 0.3 is 0 Å². The molecule has 0 saturated heterocycles. The van der Waals surface area contributed by atoms with Gasteiger partial charge in [0.05, 0.1) is 25.6 Å². The molecule has 1 amide bonds. The molecule has 0 spiro atoms. The van der Waals surface area contributed by atoms with Crippen molar-refractivity contribution in [2.45, 2.75) is 18.2 Å². The van der Waals surface area contributed by atoms with Gasteiger partial charge in [-0.1, -0.05) is 15.9 Å². The average Bonchev–Trinajstić information content (AvgIpc) is 3.04. The second kappa shape index (κ2) is 7.40. The van der Waals surface area contributed by atoms with Gasteiger partial charge in [0.25, 0.3) is 10.0 Å². The first-order valence-corrected chi connectivity index (χ1v) is 10.4. The minimum atomic E-state index is -3.94. The van der Waals surface area contributed by atoms with Crippen LogP contribution in [0.5, 0.6) is 11.5 Å². The number of hydrogen-bond donors (Lipinski definition) is 1. The number of nitrogens with zero attached hydrogens (tertiary/aromatic N) is 1. The van der Waals surface area contributed by atoms with E-state index in [4.69, 9.17) is 9.47 Å². The summed E-state index contributed by atoms with van der Waals surface area (Å²) in [7, 11) is -0.965. The number of methoxy groups -OCH3 is 2. The monoisotopic (exact) mass is 454 g/mol. The van der Waals surface area contributed by atoms with Crippen LogP contribution in [0, 0.1) is 0 Å². The molecule has 27 heavy (non-hydrogen) atoms. The highest BCUT2D eigenvalue weighted by atomic mass is 79.9. The molecule has 0 unspecified atom stereocenters. The summed E-state index contributed by atoms with van der Waals surface area (Å²) >= 11 is 3.36. The van der Waals surface area contributed by atoms with Gasteiger partial charge in [-0.25, -0.2) is 8.42 Å². The van der Waals surface area contributed by atoms with Crippen molar-refractivity contribution < 1.29 is 22.7 Å². The summed E-state index contributed by atoms with van der Waals surface area (Å²) in [4.78, 5) is 13.5. The van der Waals surface area contributed by atoms with Crippen molar-refractivity contribution in [3.05, 3.63) is 40.4 Å². The van der Waals surface area contributed by atoms with E-state index in [2.05, 4.69) is 20.7 Å². The largest absolute Gasteiger partial charge is 0.493 e. The maximum atomic E-state index is 13.1. The van der Waals surface area contributed by atoms with E-state index in [-0.39, 0.29) is 10.8 Å². The van der Waals surface area contributed by atoms with Crippen molar-refractivity contribution in [2.24, 2.45) is 0 Å². The summed E-state index contributed by atoms with van der Waals surface area (Å²) in [6.45, 7) is 1.88. The molecular formula is C18H19BrN2O5S. The van der Waals surface area contributed by atoms with E-state index < -0.39 is 10.0 Å². The van der Waals surface area contributed by atoms with E-state index in [0.717, 1.165) is 5.56 Å². The predicted octanol–water partition coefficient (Wildman–Crippen LogP) is 3.18. The molecule has 0 aromatic heterocycles. The summed E-state index contributed by atoms with van der Waals surface area (Å²) < 4.78 is 39.8. The highest BCUT2D eigenvalue weighted by Crippen LogP contribution is 2.39. The van der Waals surface area contributed by atoms with Crippen LogP contribution in [0.2, 0.25) is 0 Å². The van der Waals surface area contributed by atoms with Crippen LogP contribution in [0.3, 0.4) is 0 Å². The van der Waals surface area contributed by atoms with Crippen molar-refractivity contribution in [1.29, 1.82) is 0 Å². The molecule has 1 aliphatic heterocycles. The van der Waals surface area contributed by atoms with Crippen molar-refractivity contribution in [3.8, 4) is 11.5 Å². The number of sulfonamides is 1. The van der Waals surface area contributed by atoms with Crippen molar-refractivity contribution >= 4 is 43.2 Å². The number of benzene rings is 2. The minimum Gasteiger partial charge on any atom is -0.493 e. The molecule has 1 N–H and O–H groups in total. The minimum absolute atomic E-state index is 0.0503. The van der Waals surface area contributed by atoms with Gasteiger partial charge in [-0.15, -0.1) is 0 Å². The maximum absolute atomic E-state index is 13.1. The van der Waals surface area contributed by atoms with Gasteiger partial charge in [0.2, 0.25) is 5.91 Å². The molecule has 144 valence electrons. The molecule has 7 nitrogen and oxygen atoms in total. The number of ether oxygens (including phenoxy) is 2. The van der Waals surface area contributed by atoms with Gasteiger partial charge in [-0.2, -0.15) is 0 Å². The molecule has 0 radical (unpaired) electrons. The Morgan fingerprint density at radius 2 is 1.85 bits per heavy atom. The van der Waals surface area contributed by atoms with Crippen molar-refractivity contribution in [2.75, 3.05) is 30.4 Å². The van der Waals surface area contributed by atoms with Gasteiger partial charge in [-0.05, 0) is 36.2 Å². The summed E-state index contributed by atoms with van der Waals surface area (Å²) in [5.41, 5.74) is 1.57. The van der Waals surface area contributed by atoms with Gasteiger partial charge in [0, 0.05) is 24.0 Å². The first kappa shape index (κ1) is 19.5. The first-order chi connectivity index (χ1) is 12.8. The number of fused-ring (bicyclic) bond motifs is 1. The topological polar surface area (TPSA) is 84.9 Å². The average molecular weight is 455 g/mol. The summed E-state index contributed by atoms with van der Waals surface area (Å²) in [5, 5.41) is 0. The number of nitrogens with one attached hydrogen (secondary N) is 1. The van der Waals surface area contributed by atoms with Gasteiger partial charge < -0.3 is 14.4 Å². The highest BCUT2D eigenvalue weighted by molar-refractivity contribution is 9.10. The quantitative estimate of drug-likeness (QED) is 0.749. The number of rotatable bonds is 5. The number of amides is 1. The molecule has 1 heterocycles. The van der Waals surface area contributed by atoms with Crippen LogP contribution >= 0.6 is 15.9 Å². The maximum Gasteiger partial charge on any atom is 0.264 e. The first-order valence-electron chi connectivity index (χ1n) is 8.12. The lowest BCUT2D eigenvalue weighted by atomic mass is 10.2. The Morgan fingerprint density at radius 1 is 1.15 bits per heavy atom. The van der Waals surface area contributed by atoms with Crippen LogP contribution in [-0.2, 0) is 21.2 Å². The molecular weight excluding hydrogens is 436 g/mol. The van der Waals surface area contributed by atoms with E-state index in [1.54, 1.807) is 12.1 Å². The molecule has 1 aliphatic rings. The third-order valence-electron chi connectivity index (χ3n) is 4.30. The van der Waals surface area contributed by atoms with E-state index in [1.165, 1.54) is 38.2 Å². The molecule has 0 atom stereocenters. The standard InChI is InChI=1S/C18H19BrN2O5S/c1-11(22)21-7-6-12-8-13(19)9-17(18(12)21)27(23,24)20-14-4-5-15(25-2)16(10-14)26-3/h4-5,8-10,20H,6-7H2,1-3H3. The molecule has 3 rings (SSSR count). The Bertz CT molecular complexity index is 1010. The van der Waals surface area contributed by atoms with Crippen LogP contribution in [0.4, 0.5) is 11.4 Å². The lowest BCUT2D eigenvalue weighted by Crippen LogP contribution is -2.28. The number of carbonyl (C=O) groups is 1. The number of halogens is 1. The Hall–Kier alpha value is -2.26.